The summed E-state index contributed by atoms with van der Waals surface area (Å²) in [6, 6.07) is 8.07. The molecule has 1 amide bonds. The lowest BCUT2D eigenvalue weighted by Gasteiger charge is -2.34. The predicted molar refractivity (Wildman–Crippen MR) is 110 cm³/mol. The molecule has 0 bridgehead atoms. The van der Waals surface area contributed by atoms with Crippen molar-refractivity contribution in [3.63, 3.8) is 0 Å². The number of carbonyl (C=O) groups is 1. The molecule has 1 fully saturated rings. The highest BCUT2D eigenvalue weighted by Crippen LogP contribution is 2.32. The fourth-order valence-corrected chi connectivity index (χ4v) is 5.33. The molecule has 0 aliphatic heterocycles. The lowest BCUT2D eigenvalue weighted by atomic mass is 9.78. The Morgan fingerprint density at radius 2 is 2.07 bits per heavy atom. The highest BCUT2D eigenvalue weighted by Gasteiger charge is 2.28. The molecule has 27 heavy (non-hydrogen) atoms. The van der Waals surface area contributed by atoms with Crippen LogP contribution in [0.5, 0.6) is 0 Å². The first-order valence-electron chi connectivity index (χ1n) is 9.64. The Labute approximate surface area is 162 Å². The van der Waals surface area contributed by atoms with Crippen LogP contribution in [0.2, 0.25) is 0 Å². The van der Waals surface area contributed by atoms with E-state index >= 15 is 0 Å². The number of aryl methyl sites for hydroxylation is 1. The molecule has 0 unspecified atom stereocenters. The highest BCUT2D eigenvalue weighted by molar-refractivity contribution is 7.26. The van der Waals surface area contributed by atoms with Crippen LogP contribution in [0.1, 0.15) is 38.8 Å². The lowest BCUT2D eigenvalue weighted by Crippen LogP contribution is -2.45. The van der Waals surface area contributed by atoms with E-state index in [4.69, 9.17) is 0 Å². The number of aromatic nitrogens is 2. The monoisotopic (exact) mass is 383 g/mol. The molecule has 4 rings (SSSR count). The molecule has 1 aliphatic carbocycles. The molecular weight excluding hydrogens is 358 g/mol. The third-order valence-electron chi connectivity index (χ3n) is 5.99. The predicted octanol–water partition coefficient (Wildman–Crippen LogP) is 3.86. The van der Waals surface area contributed by atoms with Crippen molar-refractivity contribution in [3.8, 4) is 0 Å². The Kier molecular flexibility index (Phi) is 4.76. The molecule has 6 heteroatoms. The number of carbonyl (C=O) groups excluding carboxylic acids is 1. The second-order valence-electron chi connectivity index (χ2n) is 7.79. The molecule has 2 aromatic heterocycles. The minimum absolute atomic E-state index is 0.0304. The number of nitrogens with one attached hydrogen (secondary N) is 1. The number of hydrogen-bond donors (Lipinski definition) is 1. The van der Waals surface area contributed by atoms with Gasteiger partial charge < -0.3 is 5.32 Å². The van der Waals surface area contributed by atoms with Gasteiger partial charge in [-0.15, -0.1) is 11.3 Å². The van der Waals surface area contributed by atoms with Gasteiger partial charge in [0, 0.05) is 16.1 Å². The summed E-state index contributed by atoms with van der Waals surface area (Å²) in [7, 11) is 0. The van der Waals surface area contributed by atoms with Gasteiger partial charge in [-0.05, 0) is 31.2 Å². The largest absolute Gasteiger partial charge is 0.351 e. The van der Waals surface area contributed by atoms with Crippen LogP contribution in [-0.4, -0.2) is 21.7 Å². The van der Waals surface area contributed by atoms with Gasteiger partial charge in [0.1, 0.15) is 6.54 Å². The summed E-state index contributed by atoms with van der Waals surface area (Å²) in [5, 5.41) is 9.17. The third kappa shape index (κ3) is 3.27. The molecule has 0 saturated heterocycles. The molecule has 1 N–H and O–H groups in total. The van der Waals surface area contributed by atoms with Crippen LogP contribution in [0.4, 0.5) is 0 Å². The van der Waals surface area contributed by atoms with E-state index in [-0.39, 0.29) is 24.1 Å². The van der Waals surface area contributed by atoms with E-state index in [1.165, 1.54) is 11.1 Å². The van der Waals surface area contributed by atoms with Crippen molar-refractivity contribution in [2.24, 2.45) is 11.8 Å². The first-order chi connectivity index (χ1) is 13.0. The summed E-state index contributed by atoms with van der Waals surface area (Å²) in [4.78, 5) is 25.7. The third-order valence-corrected chi connectivity index (χ3v) is 7.27. The number of benzene rings is 1. The van der Waals surface area contributed by atoms with Crippen LogP contribution in [-0.2, 0) is 11.3 Å². The summed E-state index contributed by atoms with van der Waals surface area (Å²) < 4.78 is 3.30. The topological polar surface area (TPSA) is 64.0 Å². The standard InChI is InChI=1S/C21H25N3O2S/c1-12-7-6-9-16(13(12)2)22-18(25)11-24-21(26)19-15-8-4-5-10-17(15)27-20(19)14(3)23-24/h4-5,8,10,12-13,16H,6-7,9,11H2,1-3H3,(H,22,25)/t12-,13-,16+/m0/s1. The molecule has 0 radical (unpaired) electrons. The number of hydrogen-bond acceptors (Lipinski definition) is 4. The molecule has 2 heterocycles. The van der Waals surface area contributed by atoms with Crippen LogP contribution in [0.15, 0.2) is 29.1 Å². The van der Waals surface area contributed by atoms with Crippen LogP contribution in [0.3, 0.4) is 0 Å². The summed E-state index contributed by atoms with van der Waals surface area (Å²) in [6.07, 6.45) is 3.36. The van der Waals surface area contributed by atoms with Gasteiger partial charge in [-0.1, -0.05) is 44.9 Å². The summed E-state index contributed by atoms with van der Waals surface area (Å²) in [6.45, 7) is 6.31. The van der Waals surface area contributed by atoms with E-state index in [1.807, 2.05) is 31.2 Å². The average Bonchev–Trinajstić information content (AvgIpc) is 3.04. The normalized spacial score (nSPS) is 23.0. The van der Waals surface area contributed by atoms with Gasteiger partial charge in [-0.25, -0.2) is 4.68 Å². The van der Waals surface area contributed by atoms with Crippen LogP contribution in [0, 0.1) is 18.8 Å². The Balaban J connectivity index is 1.64. The zero-order valence-electron chi connectivity index (χ0n) is 16.0. The van der Waals surface area contributed by atoms with E-state index in [1.54, 1.807) is 11.3 Å². The van der Waals surface area contributed by atoms with E-state index in [9.17, 15) is 9.59 Å². The average molecular weight is 384 g/mol. The molecule has 1 aromatic carbocycles. The van der Waals surface area contributed by atoms with Crippen molar-refractivity contribution in [3.05, 3.63) is 40.3 Å². The van der Waals surface area contributed by atoms with Crippen molar-refractivity contribution < 1.29 is 4.79 Å². The second-order valence-corrected chi connectivity index (χ2v) is 8.84. The van der Waals surface area contributed by atoms with Crippen molar-refractivity contribution in [1.82, 2.24) is 15.1 Å². The van der Waals surface area contributed by atoms with E-state index in [0.717, 1.165) is 33.3 Å². The van der Waals surface area contributed by atoms with Gasteiger partial charge in [0.2, 0.25) is 5.91 Å². The van der Waals surface area contributed by atoms with Crippen molar-refractivity contribution in [2.45, 2.75) is 52.6 Å². The van der Waals surface area contributed by atoms with Crippen LogP contribution in [0.25, 0.3) is 20.2 Å². The SMILES string of the molecule is Cc1nn(CC(=O)N[C@@H]2CCC[C@H](C)[C@@H]2C)c(=O)c2c1sc1ccccc12. The number of rotatable bonds is 3. The molecule has 142 valence electrons. The van der Waals surface area contributed by atoms with Crippen molar-refractivity contribution in [2.75, 3.05) is 0 Å². The number of fused-ring (bicyclic) bond motifs is 3. The highest BCUT2D eigenvalue weighted by atomic mass is 32.1. The molecule has 3 atom stereocenters. The Morgan fingerprint density at radius 3 is 2.89 bits per heavy atom. The number of nitrogens with zero attached hydrogens (tertiary/aromatic N) is 2. The molecule has 0 spiro atoms. The summed E-state index contributed by atoms with van der Waals surface area (Å²) >= 11 is 1.58. The molecule has 3 aromatic rings. The van der Waals surface area contributed by atoms with Gasteiger partial charge in [0.25, 0.3) is 5.56 Å². The summed E-state index contributed by atoms with van der Waals surface area (Å²) in [5.41, 5.74) is 0.603. The van der Waals surface area contributed by atoms with Crippen molar-refractivity contribution in [1.29, 1.82) is 0 Å². The van der Waals surface area contributed by atoms with Crippen LogP contribution >= 0.6 is 11.3 Å². The smallest absolute Gasteiger partial charge is 0.276 e. The van der Waals surface area contributed by atoms with E-state index in [2.05, 4.69) is 24.3 Å². The lowest BCUT2D eigenvalue weighted by molar-refractivity contribution is -0.123. The second kappa shape index (κ2) is 7.08. The zero-order chi connectivity index (χ0) is 19.1. The molecule has 1 aliphatic rings. The Hall–Kier alpha value is -2.21. The quantitative estimate of drug-likeness (QED) is 0.747. The van der Waals surface area contributed by atoms with Crippen LogP contribution < -0.4 is 10.9 Å². The van der Waals surface area contributed by atoms with E-state index < -0.39 is 0 Å². The molecular formula is C21H25N3O2S. The zero-order valence-corrected chi connectivity index (χ0v) is 16.8. The van der Waals surface area contributed by atoms with Gasteiger partial charge >= 0.3 is 0 Å². The van der Waals surface area contributed by atoms with Gasteiger partial charge in [0.05, 0.1) is 15.8 Å². The first kappa shape index (κ1) is 18.2. The maximum absolute atomic E-state index is 13.0. The minimum atomic E-state index is -0.187. The molecule has 5 nitrogen and oxygen atoms in total. The maximum Gasteiger partial charge on any atom is 0.276 e. The van der Waals surface area contributed by atoms with Gasteiger partial charge in [-0.3, -0.25) is 9.59 Å². The maximum atomic E-state index is 13.0. The fourth-order valence-electron chi connectivity index (χ4n) is 4.19. The molecule has 1 saturated carbocycles. The number of thiophene rings is 1. The Bertz CT molecular complexity index is 1070. The first-order valence-corrected chi connectivity index (χ1v) is 10.5. The minimum Gasteiger partial charge on any atom is -0.351 e. The Morgan fingerprint density at radius 1 is 1.30 bits per heavy atom. The summed E-state index contributed by atoms with van der Waals surface area (Å²) in [5.74, 6) is 0.937. The van der Waals surface area contributed by atoms with E-state index in [0.29, 0.717) is 17.2 Å². The van der Waals surface area contributed by atoms with Gasteiger partial charge in [0.15, 0.2) is 0 Å². The van der Waals surface area contributed by atoms with Crippen molar-refractivity contribution >= 4 is 37.4 Å². The fraction of sp³-hybridized carbons (Fsp3) is 0.476. The number of amides is 1. The van der Waals surface area contributed by atoms with Gasteiger partial charge in [-0.2, -0.15) is 5.10 Å².